The van der Waals surface area contributed by atoms with Crippen LogP contribution in [0.4, 0.5) is 0 Å². The lowest BCUT2D eigenvalue weighted by Gasteiger charge is -2.10. The summed E-state index contributed by atoms with van der Waals surface area (Å²) in [5.74, 6) is 1.49. The Hall–Kier alpha value is -1.78. The lowest BCUT2D eigenvalue weighted by Crippen LogP contribution is -2.11. The summed E-state index contributed by atoms with van der Waals surface area (Å²) in [6.45, 7) is 2.81. The van der Waals surface area contributed by atoms with Crippen molar-refractivity contribution >= 4 is 28.8 Å². The Morgan fingerprint density at radius 3 is 2.38 bits per heavy atom. The number of hydrogen-bond donors (Lipinski definition) is 1. The molecule has 0 unspecified atom stereocenters. The van der Waals surface area contributed by atoms with Gasteiger partial charge in [0.15, 0.2) is 0 Å². The van der Waals surface area contributed by atoms with Crippen molar-refractivity contribution < 1.29 is 9.47 Å². The topological polar surface area (TPSA) is 44.5 Å². The largest absolute Gasteiger partial charge is 0.490 e. The van der Waals surface area contributed by atoms with Crippen LogP contribution in [-0.4, -0.2) is 18.2 Å². The first kappa shape index (κ1) is 15.6. The van der Waals surface area contributed by atoms with Crippen LogP contribution in [0.2, 0.25) is 5.02 Å². The Balaban J connectivity index is 1.83. The Morgan fingerprint density at radius 2 is 1.76 bits per heavy atom. The minimum atomic E-state index is 0.355. The van der Waals surface area contributed by atoms with Crippen molar-refractivity contribution in [2.45, 2.75) is 6.92 Å². The van der Waals surface area contributed by atoms with Crippen LogP contribution in [0, 0.1) is 6.92 Å². The summed E-state index contributed by atoms with van der Waals surface area (Å²) in [4.78, 5) is 0.355. The molecule has 0 heterocycles. The fourth-order valence-electron chi connectivity index (χ4n) is 1.77. The molecule has 2 aromatic carbocycles. The molecule has 0 aliphatic heterocycles. The predicted octanol–water partition coefficient (Wildman–Crippen LogP) is 3.74. The lowest BCUT2D eigenvalue weighted by molar-refractivity contribution is 0.217. The molecule has 5 heteroatoms. The summed E-state index contributed by atoms with van der Waals surface area (Å²) in [6.07, 6.45) is 0. The normalized spacial score (nSPS) is 10.2. The number of aryl methyl sites for hydroxylation is 1. The number of thiocarbonyl (C=S) groups is 1. The summed E-state index contributed by atoms with van der Waals surface area (Å²) < 4.78 is 11.2. The molecule has 21 heavy (non-hydrogen) atoms. The third-order valence-electron chi connectivity index (χ3n) is 2.87. The van der Waals surface area contributed by atoms with E-state index in [1.54, 1.807) is 0 Å². The molecule has 0 amide bonds. The standard InChI is InChI=1S/C16H16ClNO2S/c1-11-9-14(5-6-15(11)17)20-8-7-19-13-4-2-3-12(10-13)16(18)21/h2-6,9-10H,7-8H2,1H3,(H2,18,21). The number of nitrogens with two attached hydrogens (primary N) is 1. The van der Waals surface area contributed by atoms with Crippen molar-refractivity contribution in [2.75, 3.05) is 13.2 Å². The molecule has 0 atom stereocenters. The van der Waals surface area contributed by atoms with Crippen LogP contribution >= 0.6 is 23.8 Å². The van der Waals surface area contributed by atoms with Gasteiger partial charge in [-0.25, -0.2) is 0 Å². The molecule has 0 aliphatic rings. The molecule has 2 aromatic rings. The van der Waals surface area contributed by atoms with Crippen LogP contribution in [-0.2, 0) is 0 Å². The van der Waals surface area contributed by atoms with E-state index in [0.717, 1.165) is 27.6 Å². The third-order valence-corrected chi connectivity index (χ3v) is 3.53. The Labute approximate surface area is 134 Å². The van der Waals surface area contributed by atoms with Crippen LogP contribution in [0.3, 0.4) is 0 Å². The van der Waals surface area contributed by atoms with E-state index in [2.05, 4.69) is 0 Å². The van der Waals surface area contributed by atoms with Crippen molar-refractivity contribution in [3.63, 3.8) is 0 Å². The molecule has 0 saturated carbocycles. The third kappa shape index (κ3) is 4.62. The van der Waals surface area contributed by atoms with Crippen LogP contribution in [0.1, 0.15) is 11.1 Å². The van der Waals surface area contributed by atoms with E-state index in [4.69, 9.17) is 39.0 Å². The van der Waals surface area contributed by atoms with Gasteiger partial charge >= 0.3 is 0 Å². The second kappa shape index (κ2) is 7.29. The molecule has 0 spiro atoms. The highest BCUT2D eigenvalue weighted by atomic mass is 35.5. The summed E-state index contributed by atoms with van der Waals surface area (Å²) >= 11 is 10.9. The average molecular weight is 322 g/mol. The van der Waals surface area contributed by atoms with Crippen molar-refractivity contribution in [2.24, 2.45) is 5.73 Å². The van der Waals surface area contributed by atoms with Crippen LogP contribution in [0.15, 0.2) is 42.5 Å². The van der Waals surface area contributed by atoms with Gasteiger partial charge < -0.3 is 15.2 Å². The van der Waals surface area contributed by atoms with Gasteiger partial charge in [0.2, 0.25) is 0 Å². The molecule has 2 N–H and O–H groups in total. The maximum absolute atomic E-state index is 5.96. The van der Waals surface area contributed by atoms with E-state index in [1.807, 2.05) is 49.4 Å². The first-order valence-corrected chi connectivity index (χ1v) is 7.26. The molecular formula is C16H16ClNO2S. The number of rotatable bonds is 6. The van der Waals surface area contributed by atoms with Gasteiger partial charge in [-0.3, -0.25) is 0 Å². The smallest absolute Gasteiger partial charge is 0.122 e. The van der Waals surface area contributed by atoms with Gasteiger partial charge in [0.1, 0.15) is 29.7 Å². The van der Waals surface area contributed by atoms with Gasteiger partial charge in [0, 0.05) is 10.6 Å². The van der Waals surface area contributed by atoms with E-state index in [9.17, 15) is 0 Å². The average Bonchev–Trinajstić information content (AvgIpc) is 2.47. The summed E-state index contributed by atoms with van der Waals surface area (Å²) in [5, 5.41) is 0.730. The summed E-state index contributed by atoms with van der Waals surface area (Å²) in [6, 6.07) is 12.9. The number of benzene rings is 2. The highest BCUT2D eigenvalue weighted by Crippen LogP contribution is 2.21. The van der Waals surface area contributed by atoms with Gasteiger partial charge in [0.05, 0.1) is 0 Å². The monoisotopic (exact) mass is 321 g/mol. The van der Waals surface area contributed by atoms with Crippen LogP contribution < -0.4 is 15.2 Å². The minimum Gasteiger partial charge on any atom is -0.490 e. The van der Waals surface area contributed by atoms with Crippen molar-refractivity contribution in [3.05, 3.63) is 58.6 Å². The van der Waals surface area contributed by atoms with E-state index in [0.29, 0.717) is 18.2 Å². The zero-order chi connectivity index (χ0) is 15.2. The molecule has 2 rings (SSSR count). The molecule has 0 bridgehead atoms. The molecule has 0 aliphatic carbocycles. The van der Waals surface area contributed by atoms with Gasteiger partial charge in [0.25, 0.3) is 0 Å². The molecule has 0 aromatic heterocycles. The minimum absolute atomic E-state index is 0.355. The van der Waals surface area contributed by atoms with Gasteiger partial charge in [-0.15, -0.1) is 0 Å². The first-order chi connectivity index (χ1) is 10.1. The molecule has 0 saturated heterocycles. The SMILES string of the molecule is Cc1cc(OCCOc2cccc(C(N)=S)c2)ccc1Cl. The second-order valence-corrected chi connectivity index (χ2v) is 5.35. The van der Waals surface area contributed by atoms with Gasteiger partial charge in [-0.2, -0.15) is 0 Å². The quantitative estimate of drug-likeness (QED) is 0.650. The maximum atomic E-state index is 5.96. The number of ether oxygens (including phenoxy) is 2. The Morgan fingerprint density at radius 1 is 1.10 bits per heavy atom. The molecule has 3 nitrogen and oxygen atoms in total. The first-order valence-electron chi connectivity index (χ1n) is 6.48. The van der Waals surface area contributed by atoms with Crippen molar-refractivity contribution in [3.8, 4) is 11.5 Å². The maximum Gasteiger partial charge on any atom is 0.122 e. The number of hydrogen-bond acceptors (Lipinski definition) is 3. The molecule has 0 radical (unpaired) electrons. The molecular weight excluding hydrogens is 306 g/mol. The van der Waals surface area contributed by atoms with E-state index in [-0.39, 0.29) is 0 Å². The van der Waals surface area contributed by atoms with Gasteiger partial charge in [-0.05, 0) is 42.8 Å². The Bertz CT molecular complexity index is 646. The summed E-state index contributed by atoms with van der Waals surface area (Å²) in [7, 11) is 0. The van der Waals surface area contributed by atoms with E-state index < -0.39 is 0 Å². The number of halogens is 1. The fourth-order valence-corrected chi connectivity index (χ4v) is 2.01. The highest BCUT2D eigenvalue weighted by molar-refractivity contribution is 7.80. The fraction of sp³-hybridized carbons (Fsp3) is 0.188. The second-order valence-electron chi connectivity index (χ2n) is 4.50. The van der Waals surface area contributed by atoms with Crippen molar-refractivity contribution in [1.82, 2.24) is 0 Å². The van der Waals surface area contributed by atoms with Crippen LogP contribution in [0.25, 0.3) is 0 Å². The van der Waals surface area contributed by atoms with E-state index >= 15 is 0 Å². The molecule has 0 fully saturated rings. The summed E-state index contributed by atoms with van der Waals surface area (Å²) in [5.41, 5.74) is 7.35. The zero-order valence-electron chi connectivity index (χ0n) is 11.6. The predicted molar refractivity (Wildman–Crippen MR) is 89.5 cm³/mol. The Kier molecular flexibility index (Phi) is 5.42. The van der Waals surface area contributed by atoms with Gasteiger partial charge in [-0.1, -0.05) is 36.0 Å². The van der Waals surface area contributed by atoms with E-state index in [1.165, 1.54) is 0 Å². The zero-order valence-corrected chi connectivity index (χ0v) is 13.2. The van der Waals surface area contributed by atoms with Crippen LogP contribution in [0.5, 0.6) is 11.5 Å². The molecule has 110 valence electrons. The van der Waals surface area contributed by atoms with Crippen molar-refractivity contribution in [1.29, 1.82) is 0 Å². The lowest BCUT2D eigenvalue weighted by atomic mass is 10.2. The highest BCUT2D eigenvalue weighted by Gasteiger charge is 2.01.